The molecule has 0 fully saturated rings. The molecule has 0 aromatic carbocycles. The van der Waals surface area contributed by atoms with Crippen molar-refractivity contribution >= 4 is 11.5 Å². The minimum absolute atomic E-state index is 0.139. The molecule has 2 aromatic heterocycles. The first-order valence-electron chi connectivity index (χ1n) is 5.64. The lowest BCUT2D eigenvalue weighted by molar-refractivity contribution is 0.202. The normalized spacial score (nSPS) is 13.0. The predicted molar refractivity (Wildman–Crippen MR) is 67.9 cm³/mol. The average molecular weight is 268 g/mol. The van der Waals surface area contributed by atoms with E-state index in [0.29, 0.717) is 11.4 Å². The van der Waals surface area contributed by atoms with Crippen LogP contribution >= 0.6 is 11.5 Å². The number of aliphatic hydroxyl groups is 1. The lowest BCUT2D eigenvalue weighted by atomic mass is 10.1. The lowest BCUT2D eigenvalue weighted by Gasteiger charge is -2.16. The van der Waals surface area contributed by atoms with Crippen molar-refractivity contribution in [3.05, 3.63) is 22.5 Å². The number of aromatic nitrogens is 4. The monoisotopic (exact) mass is 268 g/mol. The maximum atomic E-state index is 10.5. The van der Waals surface area contributed by atoms with Crippen LogP contribution < -0.4 is 4.74 Å². The summed E-state index contributed by atoms with van der Waals surface area (Å²) in [6.07, 6.45) is 0.798. The molecule has 6 nitrogen and oxygen atoms in total. The Morgan fingerprint density at radius 2 is 2.17 bits per heavy atom. The van der Waals surface area contributed by atoms with Crippen LogP contribution in [0.4, 0.5) is 0 Å². The summed E-state index contributed by atoms with van der Waals surface area (Å²) in [4.78, 5) is 0.718. The van der Waals surface area contributed by atoms with Gasteiger partial charge in [0, 0.05) is 6.04 Å². The van der Waals surface area contributed by atoms with Crippen LogP contribution in [0.5, 0.6) is 5.75 Å². The Bertz CT molecular complexity index is 535. The topological polar surface area (TPSA) is 73.1 Å². The number of ether oxygens (including phenoxy) is 1. The Kier molecular flexibility index (Phi) is 3.63. The van der Waals surface area contributed by atoms with Gasteiger partial charge in [-0.2, -0.15) is 5.10 Å². The Hall–Kier alpha value is -1.47. The summed E-state index contributed by atoms with van der Waals surface area (Å²) < 4.78 is 10.9. The average Bonchev–Trinajstić information content (AvgIpc) is 2.93. The molecule has 98 valence electrons. The van der Waals surface area contributed by atoms with Gasteiger partial charge in [0.15, 0.2) is 5.75 Å². The molecular formula is C11H16N4O2S. The van der Waals surface area contributed by atoms with Crippen molar-refractivity contribution in [1.82, 2.24) is 19.4 Å². The van der Waals surface area contributed by atoms with Gasteiger partial charge in [0.25, 0.3) is 0 Å². The molecule has 0 spiro atoms. The summed E-state index contributed by atoms with van der Waals surface area (Å²) >= 11 is 1.19. The van der Waals surface area contributed by atoms with Gasteiger partial charge in [-0.3, -0.25) is 4.68 Å². The summed E-state index contributed by atoms with van der Waals surface area (Å²) in [5.41, 5.74) is 1.37. The van der Waals surface area contributed by atoms with E-state index < -0.39 is 6.10 Å². The van der Waals surface area contributed by atoms with Gasteiger partial charge in [0.05, 0.1) is 23.9 Å². The van der Waals surface area contributed by atoms with Gasteiger partial charge in [-0.25, -0.2) is 0 Å². The number of rotatable bonds is 4. The SMILES string of the molecule is COc1cnn(C(C)C)c1C(O)c1snnc1C. The highest BCUT2D eigenvalue weighted by Gasteiger charge is 2.26. The number of aliphatic hydroxyl groups excluding tert-OH is 1. The van der Waals surface area contributed by atoms with E-state index in [9.17, 15) is 5.11 Å². The van der Waals surface area contributed by atoms with E-state index in [2.05, 4.69) is 14.7 Å². The zero-order valence-electron chi connectivity index (χ0n) is 10.8. The summed E-state index contributed by atoms with van der Waals surface area (Å²) in [5, 5.41) is 18.6. The molecule has 0 aliphatic heterocycles. The first-order chi connectivity index (χ1) is 8.56. The number of hydrogen-bond acceptors (Lipinski definition) is 6. The van der Waals surface area contributed by atoms with Crippen LogP contribution in [0, 0.1) is 6.92 Å². The number of methoxy groups -OCH3 is 1. The Labute approximate surface area is 109 Å². The largest absolute Gasteiger partial charge is 0.493 e. The van der Waals surface area contributed by atoms with Crippen molar-refractivity contribution in [2.24, 2.45) is 0 Å². The van der Waals surface area contributed by atoms with Crippen LogP contribution in [0.1, 0.15) is 42.3 Å². The smallest absolute Gasteiger partial charge is 0.163 e. The van der Waals surface area contributed by atoms with Crippen molar-refractivity contribution in [2.75, 3.05) is 7.11 Å². The van der Waals surface area contributed by atoms with E-state index >= 15 is 0 Å². The Morgan fingerprint density at radius 3 is 2.67 bits per heavy atom. The first-order valence-corrected chi connectivity index (χ1v) is 6.42. The van der Waals surface area contributed by atoms with Gasteiger partial charge in [0.2, 0.25) is 0 Å². The van der Waals surface area contributed by atoms with Crippen LogP contribution in [-0.4, -0.2) is 31.6 Å². The van der Waals surface area contributed by atoms with E-state index in [1.807, 2.05) is 20.8 Å². The molecule has 7 heteroatoms. The van der Waals surface area contributed by atoms with Crippen molar-refractivity contribution in [3.8, 4) is 5.75 Å². The minimum atomic E-state index is -0.815. The molecule has 0 aliphatic rings. The fourth-order valence-corrected chi connectivity index (χ4v) is 2.43. The fourth-order valence-electron chi connectivity index (χ4n) is 1.80. The van der Waals surface area contributed by atoms with Gasteiger partial charge in [-0.05, 0) is 32.3 Å². The summed E-state index contributed by atoms with van der Waals surface area (Å²) in [7, 11) is 1.57. The van der Waals surface area contributed by atoms with Gasteiger partial charge < -0.3 is 9.84 Å². The molecule has 1 N–H and O–H groups in total. The molecule has 0 saturated carbocycles. The second-order valence-corrected chi connectivity index (χ2v) is 5.05. The Balaban J connectivity index is 2.49. The van der Waals surface area contributed by atoms with Crippen LogP contribution in [0.3, 0.4) is 0 Å². The molecule has 0 aliphatic carbocycles. The summed E-state index contributed by atoms with van der Waals surface area (Å²) in [6, 6.07) is 0.139. The van der Waals surface area contributed by atoms with Gasteiger partial charge >= 0.3 is 0 Å². The zero-order chi connectivity index (χ0) is 13.3. The quantitative estimate of drug-likeness (QED) is 0.914. The Morgan fingerprint density at radius 1 is 1.44 bits per heavy atom. The van der Waals surface area contributed by atoms with Crippen molar-refractivity contribution < 1.29 is 9.84 Å². The van der Waals surface area contributed by atoms with Gasteiger partial charge in [0.1, 0.15) is 11.8 Å². The lowest BCUT2D eigenvalue weighted by Crippen LogP contribution is -2.13. The van der Waals surface area contributed by atoms with E-state index in [4.69, 9.17) is 4.74 Å². The third-order valence-corrected chi connectivity index (χ3v) is 3.58. The summed E-state index contributed by atoms with van der Waals surface area (Å²) in [6.45, 7) is 5.82. The molecule has 0 bridgehead atoms. The van der Waals surface area contributed by atoms with Crippen molar-refractivity contribution in [1.29, 1.82) is 0 Å². The van der Waals surface area contributed by atoms with Crippen molar-refractivity contribution in [3.63, 3.8) is 0 Å². The van der Waals surface area contributed by atoms with Crippen LogP contribution in [0.15, 0.2) is 6.20 Å². The van der Waals surface area contributed by atoms with E-state index in [1.54, 1.807) is 18.0 Å². The maximum Gasteiger partial charge on any atom is 0.163 e. The second-order valence-electron chi connectivity index (χ2n) is 4.26. The fraction of sp³-hybridized carbons (Fsp3) is 0.545. The number of aryl methyl sites for hydroxylation is 1. The van der Waals surface area contributed by atoms with E-state index in [-0.39, 0.29) is 6.04 Å². The van der Waals surface area contributed by atoms with E-state index in [0.717, 1.165) is 10.6 Å². The van der Waals surface area contributed by atoms with Crippen molar-refractivity contribution in [2.45, 2.75) is 32.9 Å². The third kappa shape index (κ3) is 2.11. The van der Waals surface area contributed by atoms with Crippen LogP contribution in [0.25, 0.3) is 0 Å². The highest BCUT2D eigenvalue weighted by atomic mass is 32.1. The molecule has 2 rings (SSSR count). The highest BCUT2D eigenvalue weighted by Crippen LogP contribution is 2.33. The van der Waals surface area contributed by atoms with Gasteiger partial charge in [-0.15, -0.1) is 5.10 Å². The molecule has 0 amide bonds. The van der Waals surface area contributed by atoms with E-state index in [1.165, 1.54) is 11.5 Å². The summed E-state index contributed by atoms with van der Waals surface area (Å²) in [5.74, 6) is 0.573. The minimum Gasteiger partial charge on any atom is -0.493 e. The third-order valence-electron chi connectivity index (χ3n) is 2.70. The second kappa shape index (κ2) is 5.03. The van der Waals surface area contributed by atoms with Gasteiger partial charge in [-0.1, -0.05) is 4.49 Å². The molecule has 0 radical (unpaired) electrons. The molecule has 0 saturated heterocycles. The van der Waals surface area contributed by atoms with Crippen LogP contribution in [0.2, 0.25) is 0 Å². The zero-order valence-corrected chi connectivity index (χ0v) is 11.6. The maximum absolute atomic E-state index is 10.5. The number of hydrogen-bond donors (Lipinski definition) is 1. The molecular weight excluding hydrogens is 252 g/mol. The molecule has 1 unspecified atom stereocenters. The standard InChI is InChI=1S/C11H16N4O2S/c1-6(2)15-9(8(17-4)5-12-15)10(16)11-7(3)13-14-18-11/h5-6,10,16H,1-4H3. The highest BCUT2D eigenvalue weighted by molar-refractivity contribution is 7.05. The molecule has 2 aromatic rings. The molecule has 2 heterocycles. The molecule has 18 heavy (non-hydrogen) atoms. The number of nitrogens with zero attached hydrogens (tertiary/aromatic N) is 4. The molecule has 1 atom stereocenters. The van der Waals surface area contributed by atoms with Crippen LogP contribution in [-0.2, 0) is 0 Å². The first kappa shape index (κ1) is 13.0. The predicted octanol–water partition coefficient (Wildman–Crippen LogP) is 1.71.